The van der Waals surface area contributed by atoms with Crippen molar-refractivity contribution in [3.8, 4) is 0 Å². The van der Waals surface area contributed by atoms with Gasteiger partial charge in [-0.3, -0.25) is 0 Å². The zero-order valence-electron chi connectivity index (χ0n) is 13.1. The van der Waals surface area contributed by atoms with E-state index in [0.29, 0.717) is 5.57 Å². The van der Waals surface area contributed by atoms with Crippen molar-refractivity contribution < 1.29 is 26.8 Å². The molecule has 0 aliphatic carbocycles. The molecule has 0 N–H and O–H groups in total. The van der Waals surface area contributed by atoms with E-state index in [1.807, 2.05) is 24.2 Å². The first-order chi connectivity index (χ1) is 10.0. The molecule has 22 heavy (non-hydrogen) atoms. The van der Waals surface area contributed by atoms with Gasteiger partial charge in [0.05, 0.1) is 6.67 Å². The summed E-state index contributed by atoms with van der Waals surface area (Å²) in [5.41, 5.74) is 0.433. The standard InChI is InChI=1S/C13H22N2O2.BF4/c1-5-6-7-14-8-9-15(10-14)12(4)17-13(16)11(2)3;2-1(3,4)5/h8-9,12H,2,5-7,10H2,1,3-4H3;/q;-1. The third-order valence-corrected chi connectivity index (χ3v) is 2.71. The van der Waals surface area contributed by atoms with E-state index in [1.165, 1.54) is 12.8 Å². The van der Waals surface area contributed by atoms with Crippen LogP contribution in [-0.2, 0) is 9.53 Å². The van der Waals surface area contributed by atoms with Gasteiger partial charge in [0.25, 0.3) is 0 Å². The minimum atomic E-state index is -6.00. The van der Waals surface area contributed by atoms with Crippen molar-refractivity contribution in [2.45, 2.75) is 39.8 Å². The van der Waals surface area contributed by atoms with Crippen molar-refractivity contribution >= 4 is 13.2 Å². The monoisotopic (exact) mass is 325 g/mol. The zero-order chi connectivity index (χ0) is 17.3. The third kappa shape index (κ3) is 10.1. The molecule has 0 saturated carbocycles. The number of ether oxygens (including phenoxy) is 1. The molecule has 4 nitrogen and oxygen atoms in total. The van der Waals surface area contributed by atoms with Crippen LogP contribution in [0.4, 0.5) is 17.3 Å². The lowest BCUT2D eigenvalue weighted by atomic mass is 10.3. The number of carbonyl (C=O) groups is 1. The Morgan fingerprint density at radius 3 is 2.36 bits per heavy atom. The van der Waals surface area contributed by atoms with Gasteiger partial charge < -0.3 is 31.8 Å². The second-order valence-electron chi connectivity index (χ2n) is 4.90. The second-order valence-corrected chi connectivity index (χ2v) is 4.90. The number of hydrogen-bond acceptors (Lipinski definition) is 4. The minimum absolute atomic E-state index is 0.248. The van der Waals surface area contributed by atoms with Crippen LogP contribution in [0.1, 0.15) is 33.6 Å². The lowest BCUT2D eigenvalue weighted by molar-refractivity contribution is -0.150. The van der Waals surface area contributed by atoms with Gasteiger partial charge in [-0.2, -0.15) is 0 Å². The van der Waals surface area contributed by atoms with E-state index in [4.69, 9.17) is 4.74 Å². The Balaban J connectivity index is 0.000000763. The number of halogens is 4. The topological polar surface area (TPSA) is 32.8 Å². The fourth-order valence-electron chi connectivity index (χ4n) is 1.55. The van der Waals surface area contributed by atoms with Gasteiger partial charge in [0, 0.05) is 24.5 Å². The highest BCUT2D eigenvalue weighted by Gasteiger charge is 2.21. The van der Waals surface area contributed by atoms with Crippen LogP contribution in [-0.4, -0.2) is 42.5 Å². The largest absolute Gasteiger partial charge is 0.673 e. The Labute approximate surface area is 128 Å². The Morgan fingerprint density at radius 1 is 1.36 bits per heavy atom. The van der Waals surface area contributed by atoms with Crippen LogP contribution >= 0.6 is 0 Å². The molecule has 0 amide bonds. The maximum atomic E-state index is 11.4. The summed E-state index contributed by atoms with van der Waals surface area (Å²) < 4.78 is 44.3. The van der Waals surface area contributed by atoms with Crippen molar-refractivity contribution in [1.82, 2.24) is 9.80 Å². The number of nitrogens with zero attached hydrogens (tertiary/aromatic N) is 2. The summed E-state index contributed by atoms with van der Waals surface area (Å²) in [6.45, 7) is 11.1. The molecular weight excluding hydrogens is 303 g/mol. The molecule has 0 aromatic carbocycles. The van der Waals surface area contributed by atoms with E-state index < -0.39 is 7.25 Å². The predicted octanol–water partition coefficient (Wildman–Crippen LogP) is 3.60. The van der Waals surface area contributed by atoms with Gasteiger partial charge in [-0.15, -0.1) is 0 Å². The van der Waals surface area contributed by atoms with Gasteiger partial charge in [-0.25, -0.2) is 4.79 Å². The first-order valence-corrected chi connectivity index (χ1v) is 6.96. The molecule has 0 radical (unpaired) electrons. The fraction of sp³-hybridized carbons (Fsp3) is 0.615. The normalized spacial score (nSPS) is 15.2. The van der Waals surface area contributed by atoms with Crippen molar-refractivity contribution in [3.05, 3.63) is 24.6 Å². The molecule has 0 aromatic rings. The van der Waals surface area contributed by atoms with Crippen molar-refractivity contribution in [1.29, 1.82) is 0 Å². The van der Waals surface area contributed by atoms with E-state index in [9.17, 15) is 22.1 Å². The molecule has 1 unspecified atom stereocenters. The molecule has 0 fully saturated rings. The second kappa shape index (κ2) is 9.37. The summed E-state index contributed by atoms with van der Waals surface area (Å²) in [6.07, 6.45) is 6.12. The van der Waals surface area contributed by atoms with Crippen molar-refractivity contribution in [3.63, 3.8) is 0 Å². The van der Waals surface area contributed by atoms with Gasteiger partial charge in [0.1, 0.15) is 0 Å². The molecule has 0 spiro atoms. The highest BCUT2D eigenvalue weighted by Crippen LogP contribution is 2.13. The molecule has 9 heteroatoms. The van der Waals surface area contributed by atoms with Crippen LogP contribution in [0.2, 0.25) is 0 Å². The lowest BCUT2D eigenvalue weighted by Gasteiger charge is -2.26. The predicted molar refractivity (Wildman–Crippen MR) is 78.0 cm³/mol. The molecule has 0 saturated heterocycles. The van der Waals surface area contributed by atoms with Gasteiger partial charge in [0.2, 0.25) is 0 Å². The molecule has 1 aliphatic rings. The highest BCUT2D eigenvalue weighted by atomic mass is 19.5. The third-order valence-electron chi connectivity index (χ3n) is 2.71. The Bertz CT molecular complexity index is 396. The zero-order valence-corrected chi connectivity index (χ0v) is 13.1. The van der Waals surface area contributed by atoms with Crippen molar-refractivity contribution in [2.24, 2.45) is 0 Å². The molecule has 0 aromatic heterocycles. The summed E-state index contributed by atoms with van der Waals surface area (Å²) in [5, 5.41) is 0. The first-order valence-electron chi connectivity index (χ1n) is 6.96. The molecule has 0 bridgehead atoms. The van der Waals surface area contributed by atoms with Gasteiger partial charge >= 0.3 is 13.2 Å². The van der Waals surface area contributed by atoms with Crippen LogP contribution in [0, 0.1) is 0 Å². The van der Waals surface area contributed by atoms with E-state index >= 15 is 0 Å². The summed E-state index contributed by atoms with van der Waals surface area (Å²) >= 11 is 0. The van der Waals surface area contributed by atoms with Crippen molar-refractivity contribution in [2.75, 3.05) is 13.2 Å². The minimum Gasteiger partial charge on any atom is -0.438 e. The smallest absolute Gasteiger partial charge is 0.438 e. The summed E-state index contributed by atoms with van der Waals surface area (Å²) in [5.74, 6) is -0.335. The number of unbranched alkanes of at least 4 members (excludes halogenated alkanes) is 1. The Kier molecular flexibility index (Phi) is 8.66. The molecule has 1 aliphatic heterocycles. The van der Waals surface area contributed by atoms with E-state index in [2.05, 4.69) is 18.4 Å². The molecule has 1 atom stereocenters. The molecule has 128 valence electrons. The van der Waals surface area contributed by atoms with Gasteiger partial charge in [-0.1, -0.05) is 19.9 Å². The SMILES string of the molecule is C=C(C)C(=O)OC(C)N1C=CN(CCCC)C1.F[B-](F)(F)F. The van der Waals surface area contributed by atoms with Crippen LogP contribution in [0.3, 0.4) is 0 Å². The number of carbonyl (C=O) groups excluding carboxylic acids is 1. The van der Waals surface area contributed by atoms with Gasteiger partial charge in [-0.05, 0) is 20.3 Å². The van der Waals surface area contributed by atoms with E-state index in [0.717, 1.165) is 13.2 Å². The average Bonchev–Trinajstić information content (AvgIpc) is 2.82. The number of rotatable bonds is 6. The Morgan fingerprint density at radius 2 is 1.91 bits per heavy atom. The van der Waals surface area contributed by atoms with Crippen LogP contribution < -0.4 is 0 Å². The van der Waals surface area contributed by atoms with Crippen LogP contribution in [0.5, 0.6) is 0 Å². The molecular formula is C13H22BF4N2O2-. The van der Waals surface area contributed by atoms with Gasteiger partial charge in [0.15, 0.2) is 6.23 Å². The number of esters is 1. The summed E-state index contributed by atoms with van der Waals surface area (Å²) in [7, 11) is -6.00. The summed E-state index contributed by atoms with van der Waals surface area (Å²) in [6, 6.07) is 0. The van der Waals surface area contributed by atoms with E-state index in [1.54, 1.807) is 6.92 Å². The fourth-order valence-corrected chi connectivity index (χ4v) is 1.55. The van der Waals surface area contributed by atoms with Crippen LogP contribution in [0.25, 0.3) is 0 Å². The average molecular weight is 325 g/mol. The van der Waals surface area contributed by atoms with Crippen LogP contribution in [0.15, 0.2) is 24.6 Å². The maximum absolute atomic E-state index is 11.4. The molecule has 1 rings (SSSR count). The molecule has 1 heterocycles. The number of hydrogen-bond donors (Lipinski definition) is 0. The Hall–Kier alpha value is -1.67. The highest BCUT2D eigenvalue weighted by molar-refractivity contribution is 6.50. The van der Waals surface area contributed by atoms with E-state index in [-0.39, 0.29) is 12.2 Å². The quantitative estimate of drug-likeness (QED) is 0.323. The first kappa shape index (κ1) is 20.3. The maximum Gasteiger partial charge on any atom is 0.673 e. The summed E-state index contributed by atoms with van der Waals surface area (Å²) in [4.78, 5) is 15.6. The lowest BCUT2D eigenvalue weighted by Crippen LogP contribution is -2.35.